The number of rotatable bonds is 6. The minimum Gasteiger partial charge on any atom is -0.481 e. The van der Waals surface area contributed by atoms with E-state index in [-0.39, 0.29) is 6.42 Å². The molecular formula is C15H15N3O2S. The molecule has 0 aliphatic carbocycles. The second-order valence-electron chi connectivity index (χ2n) is 4.90. The van der Waals surface area contributed by atoms with Crippen LogP contribution in [0.25, 0.3) is 15.8 Å². The second-order valence-corrected chi connectivity index (χ2v) is 5.85. The first-order valence-corrected chi connectivity index (χ1v) is 7.71. The van der Waals surface area contributed by atoms with Crippen LogP contribution < -0.4 is 0 Å². The van der Waals surface area contributed by atoms with E-state index >= 15 is 0 Å². The van der Waals surface area contributed by atoms with Gasteiger partial charge in [0, 0.05) is 11.1 Å². The summed E-state index contributed by atoms with van der Waals surface area (Å²) in [7, 11) is 0. The molecule has 1 aromatic carbocycles. The normalized spacial score (nSPS) is 11.0. The van der Waals surface area contributed by atoms with Crippen LogP contribution in [0.2, 0.25) is 0 Å². The van der Waals surface area contributed by atoms with Crippen molar-refractivity contribution in [3.63, 3.8) is 0 Å². The van der Waals surface area contributed by atoms with E-state index in [0.717, 1.165) is 24.2 Å². The SMILES string of the molecule is O=C(O)CCCCc1cn(-c2ccc3sccc3c2)nn1. The summed E-state index contributed by atoms with van der Waals surface area (Å²) in [6.45, 7) is 0. The molecule has 21 heavy (non-hydrogen) atoms. The number of aliphatic carboxylic acids is 1. The third-order valence-electron chi connectivity index (χ3n) is 3.31. The standard InChI is InChI=1S/C15H15N3O2S/c19-15(20)4-2-1-3-12-10-18(17-16-12)13-5-6-14-11(9-13)7-8-21-14/h5-10H,1-4H2,(H,19,20). The van der Waals surface area contributed by atoms with Crippen molar-refractivity contribution in [1.82, 2.24) is 15.0 Å². The van der Waals surface area contributed by atoms with Gasteiger partial charge in [-0.05, 0) is 54.3 Å². The van der Waals surface area contributed by atoms with Gasteiger partial charge in [0.05, 0.1) is 17.6 Å². The van der Waals surface area contributed by atoms with E-state index in [1.807, 2.05) is 12.3 Å². The third kappa shape index (κ3) is 3.28. The van der Waals surface area contributed by atoms with Gasteiger partial charge < -0.3 is 5.11 Å². The van der Waals surface area contributed by atoms with Gasteiger partial charge >= 0.3 is 5.97 Å². The van der Waals surface area contributed by atoms with Gasteiger partial charge in [0.1, 0.15) is 0 Å². The lowest BCUT2D eigenvalue weighted by Gasteiger charge is -1.99. The number of thiophene rings is 1. The van der Waals surface area contributed by atoms with Crippen LogP contribution >= 0.6 is 11.3 Å². The van der Waals surface area contributed by atoms with Crippen LogP contribution in [0, 0.1) is 0 Å². The van der Waals surface area contributed by atoms with E-state index in [2.05, 4.69) is 33.9 Å². The quantitative estimate of drug-likeness (QED) is 0.709. The largest absolute Gasteiger partial charge is 0.481 e. The second kappa shape index (κ2) is 6.05. The Morgan fingerprint density at radius 3 is 3.05 bits per heavy atom. The van der Waals surface area contributed by atoms with Crippen molar-refractivity contribution in [2.45, 2.75) is 25.7 Å². The molecule has 5 nitrogen and oxygen atoms in total. The molecule has 6 heteroatoms. The molecule has 0 saturated heterocycles. The molecule has 0 amide bonds. The Morgan fingerprint density at radius 1 is 1.29 bits per heavy atom. The summed E-state index contributed by atoms with van der Waals surface area (Å²) in [6.07, 6.45) is 4.36. The maximum Gasteiger partial charge on any atom is 0.303 e. The highest BCUT2D eigenvalue weighted by Crippen LogP contribution is 2.23. The highest BCUT2D eigenvalue weighted by atomic mass is 32.1. The molecule has 0 spiro atoms. The molecule has 0 unspecified atom stereocenters. The van der Waals surface area contributed by atoms with E-state index in [0.29, 0.717) is 6.42 Å². The van der Waals surface area contributed by atoms with Crippen LogP contribution in [0.4, 0.5) is 0 Å². The number of carbonyl (C=O) groups is 1. The van der Waals surface area contributed by atoms with Crippen LogP contribution in [0.1, 0.15) is 25.0 Å². The molecule has 108 valence electrons. The Hall–Kier alpha value is -2.21. The van der Waals surface area contributed by atoms with Crippen molar-refractivity contribution >= 4 is 27.4 Å². The van der Waals surface area contributed by atoms with E-state index < -0.39 is 5.97 Å². The summed E-state index contributed by atoms with van der Waals surface area (Å²) in [4.78, 5) is 10.5. The Morgan fingerprint density at radius 2 is 2.19 bits per heavy atom. The number of fused-ring (bicyclic) bond motifs is 1. The molecule has 0 atom stereocenters. The monoisotopic (exact) mass is 301 g/mol. The number of hydrogen-bond acceptors (Lipinski definition) is 4. The van der Waals surface area contributed by atoms with Crippen molar-refractivity contribution in [3.8, 4) is 5.69 Å². The molecule has 0 radical (unpaired) electrons. The van der Waals surface area contributed by atoms with Crippen molar-refractivity contribution in [2.24, 2.45) is 0 Å². The Bertz CT molecular complexity index is 763. The number of unbranched alkanes of at least 4 members (excludes halogenated alkanes) is 1. The number of carboxylic acid groups (broad SMARTS) is 1. The maximum atomic E-state index is 10.5. The summed E-state index contributed by atoms with van der Waals surface area (Å²) in [6, 6.07) is 8.30. The van der Waals surface area contributed by atoms with Gasteiger partial charge in [-0.15, -0.1) is 16.4 Å². The minimum atomic E-state index is -0.747. The fourth-order valence-corrected chi connectivity index (χ4v) is 2.99. The predicted molar refractivity (Wildman–Crippen MR) is 81.9 cm³/mol. The van der Waals surface area contributed by atoms with Gasteiger partial charge in [-0.1, -0.05) is 5.21 Å². The van der Waals surface area contributed by atoms with Gasteiger partial charge in [0.25, 0.3) is 0 Å². The number of aromatic nitrogens is 3. The van der Waals surface area contributed by atoms with Crippen LogP contribution in [0.5, 0.6) is 0 Å². The van der Waals surface area contributed by atoms with Crippen LogP contribution in [-0.4, -0.2) is 26.1 Å². The first kappa shape index (κ1) is 13.8. The molecule has 0 aliphatic rings. The highest BCUT2D eigenvalue weighted by molar-refractivity contribution is 7.17. The number of aryl methyl sites for hydroxylation is 1. The van der Waals surface area contributed by atoms with Crippen LogP contribution in [0.15, 0.2) is 35.8 Å². The molecular weight excluding hydrogens is 286 g/mol. The number of carboxylic acids is 1. The Kier molecular flexibility index (Phi) is 3.96. The zero-order chi connectivity index (χ0) is 14.7. The zero-order valence-corrected chi connectivity index (χ0v) is 12.2. The topological polar surface area (TPSA) is 68.0 Å². The van der Waals surface area contributed by atoms with E-state index in [1.54, 1.807) is 16.0 Å². The maximum absolute atomic E-state index is 10.5. The lowest BCUT2D eigenvalue weighted by Crippen LogP contribution is -1.95. The summed E-state index contributed by atoms with van der Waals surface area (Å²) >= 11 is 1.72. The number of nitrogens with zero attached hydrogens (tertiary/aromatic N) is 3. The molecule has 2 heterocycles. The average Bonchev–Trinajstić information content (AvgIpc) is 3.11. The summed E-state index contributed by atoms with van der Waals surface area (Å²) in [5, 5.41) is 20.2. The molecule has 0 fully saturated rings. The molecule has 2 aromatic heterocycles. The molecule has 1 N–H and O–H groups in total. The Balaban J connectivity index is 1.67. The number of hydrogen-bond donors (Lipinski definition) is 1. The van der Waals surface area contributed by atoms with Gasteiger partial charge in [-0.25, -0.2) is 4.68 Å². The van der Waals surface area contributed by atoms with Gasteiger partial charge in [0.15, 0.2) is 0 Å². The summed E-state index contributed by atoms with van der Waals surface area (Å²) in [5.41, 5.74) is 1.89. The van der Waals surface area contributed by atoms with E-state index in [9.17, 15) is 4.79 Å². The smallest absolute Gasteiger partial charge is 0.303 e. The van der Waals surface area contributed by atoms with Crippen LogP contribution in [-0.2, 0) is 11.2 Å². The predicted octanol–water partition coefficient (Wildman–Crippen LogP) is 3.28. The van der Waals surface area contributed by atoms with Crippen molar-refractivity contribution in [1.29, 1.82) is 0 Å². The third-order valence-corrected chi connectivity index (χ3v) is 4.21. The fraction of sp³-hybridized carbons (Fsp3) is 0.267. The lowest BCUT2D eigenvalue weighted by molar-refractivity contribution is -0.137. The molecule has 0 aliphatic heterocycles. The summed E-state index contributed by atoms with van der Waals surface area (Å²) < 4.78 is 3.02. The van der Waals surface area contributed by atoms with Crippen molar-refractivity contribution in [2.75, 3.05) is 0 Å². The molecule has 0 saturated carbocycles. The minimum absolute atomic E-state index is 0.211. The molecule has 3 aromatic rings. The Labute approximate surface area is 125 Å². The van der Waals surface area contributed by atoms with Gasteiger partial charge in [-0.2, -0.15) is 0 Å². The molecule has 0 bridgehead atoms. The lowest BCUT2D eigenvalue weighted by atomic mass is 10.1. The average molecular weight is 301 g/mol. The number of benzene rings is 1. The summed E-state index contributed by atoms with van der Waals surface area (Å²) in [5.74, 6) is -0.747. The fourth-order valence-electron chi connectivity index (χ4n) is 2.22. The first-order valence-electron chi connectivity index (χ1n) is 6.83. The van der Waals surface area contributed by atoms with E-state index in [4.69, 9.17) is 5.11 Å². The van der Waals surface area contributed by atoms with E-state index in [1.165, 1.54) is 10.1 Å². The van der Waals surface area contributed by atoms with Crippen molar-refractivity contribution < 1.29 is 9.90 Å². The molecule has 3 rings (SSSR count). The first-order chi connectivity index (χ1) is 10.2. The highest BCUT2D eigenvalue weighted by Gasteiger charge is 2.05. The van der Waals surface area contributed by atoms with Crippen LogP contribution in [0.3, 0.4) is 0 Å². The van der Waals surface area contributed by atoms with Gasteiger partial charge in [0.2, 0.25) is 0 Å². The van der Waals surface area contributed by atoms with Crippen molar-refractivity contribution in [3.05, 3.63) is 41.5 Å². The van der Waals surface area contributed by atoms with Gasteiger partial charge in [-0.3, -0.25) is 4.79 Å². The zero-order valence-electron chi connectivity index (χ0n) is 11.4.